The monoisotopic (exact) mass is 385 g/mol. The van der Waals surface area contributed by atoms with E-state index in [0.717, 1.165) is 23.9 Å². The molecule has 0 aliphatic carbocycles. The van der Waals surface area contributed by atoms with E-state index in [0.29, 0.717) is 5.56 Å². The summed E-state index contributed by atoms with van der Waals surface area (Å²) in [5, 5.41) is 3.28. The van der Waals surface area contributed by atoms with Crippen molar-refractivity contribution in [1.82, 2.24) is 4.98 Å². The summed E-state index contributed by atoms with van der Waals surface area (Å²) < 4.78 is 40.6. The number of aromatic nitrogens is 1. The molecule has 27 heavy (non-hydrogen) atoms. The molecule has 3 rings (SSSR count). The minimum absolute atomic E-state index is 0.0183. The number of para-hydroxylation sites is 1. The van der Waals surface area contributed by atoms with Gasteiger partial charge < -0.3 is 5.32 Å². The van der Waals surface area contributed by atoms with Gasteiger partial charge in [-0.1, -0.05) is 25.1 Å². The average Bonchev–Trinajstić information content (AvgIpc) is 2.63. The van der Waals surface area contributed by atoms with Crippen molar-refractivity contribution in [3.63, 3.8) is 0 Å². The first-order chi connectivity index (χ1) is 12.9. The van der Waals surface area contributed by atoms with Crippen LogP contribution in [-0.2, 0) is 16.4 Å². The number of benzene rings is 2. The number of hydrogen-bond acceptors (Lipinski definition) is 4. The van der Waals surface area contributed by atoms with Gasteiger partial charge in [0.1, 0.15) is 11.6 Å². The van der Waals surface area contributed by atoms with Crippen molar-refractivity contribution in [3.05, 3.63) is 77.7 Å². The van der Waals surface area contributed by atoms with Gasteiger partial charge >= 0.3 is 0 Å². The lowest BCUT2D eigenvalue weighted by Gasteiger charge is -2.12. The minimum Gasteiger partial charge on any atom is -0.354 e. The van der Waals surface area contributed by atoms with Gasteiger partial charge in [0.05, 0.1) is 16.8 Å². The maximum absolute atomic E-state index is 13.2. The SMILES string of the molecule is CCc1ccccc1Nc1ccc(NS(=O)(=O)c2ccc(F)cc2C)nc1. The number of sulfonamides is 1. The number of aryl methyl sites for hydroxylation is 2. The molecule has 0 atom stereocenters. The zero-order chi connectivity index (χ0) is 19.4. The fourth-order valence-electron chi connectivity index (χ4n) is 2.74. The predicted octanol–water partition coefficient (Wildman–Crippen LogP) is 4.64. The van der Waals surface area contributed by atoms with Crippen LogP contribution in [0.2, 0.25) is 0 Å². The lowest BCUT2D eigenvalue weighted by molar-refractivity contribution is 0.598. The normalized spacial score (nSPS) is 11.2. The molecule has 0 aliphatic rings. The highest BCUT2D eigenvalue weighted by atomic mass is 32.2. The lowest BCUT2D eigenvalue weighted by Crippen LogP contribution is -2.15. The zero-order valence-corrected chi connectivity index (χ0v) is 15.8. The summed E-state index contributed by atoms with van der Waals surface area (Å²) in [4.78, 5) is 4.18. The molecule has 3 aromatic rings. The van der Waals surface area contributed by atoms with Crippen molar-refractivity contribution in [1.29, 1.82) is 0 Å². The van der Waals surface area contributed by atoms with Crippen LogP contribution in [0.25, 0.3) is 0 Å². The van der Waals surface area contributed by atoms with E-state index in [4.69, 9.17) is 0 Å². The molecule has 140 valence electrons. The number of rotatable bonds is 6. The Morgan fingerprint density at radius 1 is 1.07 bits per heavy atom. The summed E-state index contributed by atoms with van der Waals surface area (Å²) in [7, 11) is -3.84. The van der Waals surface area contributed by atoms with E-state index in [1.807, 2.05) is 24.3 Å². The standard InChI is InChI=1S/C20H20FN3O2S/c1-3-15-6-4-5-7-18(15)23-17-9-11-20(22-13-17)24-27(25,26)19-10-8-16(21)12-14(19)2/h4-13,23H,3H2,1-2H3,(H,22,24). The van der Waals surface area contributed by atoms with Crippen molar-refractivity contribution in [2.75, 3.05) is 10.0 Å². The van der Waals surface area contributed by atoms with E-state index >= 15 is 0 Å². The molecule has 2 aromatic carbocycles. The predicted molar refractivity (Wildman–Crippen MR) is 105 cm³/mol. The molecular formula is C20H20FN3O2S. The molecule has 0 saturated carbocycles. The molecule has 2 N–H and O–H groups in total. The van der Waals surface area contributed by atoms with E-state index in [1.54, 1.807) is 25.3 Å². The van der Waals surface area contributed by atoms with Crippen LogP contribution in [0, 0.1) is 12.7 Å². The van der Waals surface area contributed by atoms with Crippen LogP contribution >= 0.6 is 0 Å². The highest BCUT2D eigenvalue weighted by molar-refractivity contribution is 7.92. The summed E-state index contributed by atoms with van der Waals surface area (Å²) in [5.74, 6) is -0.291. The molecule has 5 nitrogen and oxygen atoms in total. The minimum atomic E-state index is -3.84. The summed E-state index contributed by atoms with van der Waals surface area (Å²) in [6.07, 6.45) is 2.45. The molecule has 1 aromatic heterocycles. The second-order valence-corrected chi connectivity index (χ2v) is 7.73. The average molecular weight is 385 g/mol. The van der Waals surface area contributed by atoms with Crippen molar-refractivity contribution < 1.29 is 12.8 Å². The molecule has 0 fully saturated rings. The Morgan fingerprint density at radius 2 is 1.85 bits per heavy atom. The van der Waals surface area contributed by atoms with Crippen molar-refractivity contribution >= 4 is 27.2 Å². The molecule has 7 heteroatoms. The van der Waals surface area contributed by atoms with Gasteiger partial charge in [0, 0.05) is 5.69 Å². The fraction of sp³-hybridized carbons (Fsp3) is 0.150. The summed E-state index contributed by atoms with van der Waals surface area (Å²) in [5.41, 5.74) is 3.24. The Morgan fingerprint density at radius 3 is 2.52 bits per heavy atom. The Hall–Kier alpha value is -2.93. The quantitative estimate of drug-likeness (QED) is 0.649. The molecule has 0 bridgehead atoms. The van der Waals surface area contributed by atoms with Gasteiger partial charge in [-0.3, -0.25) is 4.72 Å². The van der Waals surface area contributed by atoms with E-state index in [1.165, 1.54) is 17.7 Å². The van der Waals surface area contributed by atoms with E-state index < -0.39 is 15.8 Å². The molecular weight excluding hydrogens is 365 g/mol. The van der Waals surface area contributed by atoms with Crippen molar-refractivity contribution in [2.24, 2.45) is 0 Å². The largest absolute Gasteiger partial charge is 0.354 e. The molecule has 1 heterocycles. The van der Waals surface area contributed by atoms with E-state index in [-0.39, 0.29) is 10.7 Å². The first-order valence-electron chi connectivity index (χ1n) is 8.49. The summed E-state index contributed by atoms with van der Waals surface area (Å²) in [6, 6.07) is 14.8. The van der Waals surface area contributed by atoms with Crippen LogP contribution in [0.5, 0.6) is 0 Å². The van der Waals surface area contributed by atoms with Crippen LogP contribution in [-0.4, -0.2) is 13.4 Å². The van der Waals surface area contributed by atoms with E-state index in [9.17, 15) is 12.8 Å². The fourth-order valence-corrected chi connectivity index (χ4v) is 3.98. The Balaban J connectivity index is 1.77. The molecule has 0 unspecified atom stereocenters. The van der Waals surface area contributed by atoms with Crippen LogP contribution in [0.15, 0.2) is 65.7 Å². The second kappa shape index (κ2) is 7.75. The van der Waals surface area contributed by atoms with Gasteiger partial charge in [0.15, 0.2) is 0 Å². The first-order valence-corrected chi connectivity index (χ1v) is 9.97. The number of anilines is 3. The van der Waals surface area contributed by atoms with Crippen molar-refractivity contribution in [3.8, 4) is 0 Å². The number of nitrogens with one attached hydrogen (secondary N) is 2. The smallest absolute Gasteiger partial charge is 0.263 e. The van der Waals surface area contributed by atoms with Gasteiger partial charge in [-0.25, -0.2) is 17.8 Å². The third-order valence-corrected chi connectivity index (χ3v) is 5.62. The Bertz CT molecular complexity index is 1050. The second-order valence-electron chi connectivity index (χ2n) is 6.08. The Kier molecular flexibility index (Phi) is 5.41. The van der Waals surface area contributed by atoms with Crippen LogP contribution in [0.3, 0.4) is 0 Å². The van der Waals surface area contributed by atoms with Gasteiger partial charge in [-0.05, 0) is 60.9 Å². The molecule has 0 spiro atoms. The highest BCUT2D eigenvalue weighted by Crippen LogP contribution is 2.23. The summed E-state index contributed by atoms with van der Waals surface area (Å²) >= 11 is 0. The molecule has 0 saturated heterocycles. The van der Waals surface area contributed by atoms with Crippen LogP contribution < -0.4 is 10.0 Å². The summed E-state index contributed by atoms with van der Waals surface area (Å²) in [6.45, 7) is 3.62. The van der Waals surface area contributed by atoms with Gasteiger partial charge in [-0.2, -0.15) is 0 Å². The maximum atomic E-state index is 13.2. The van der Waals surface area contributed by atoms with Gasteiger partial charge in [0.25, 0.3) is 10.0 Å². The van der Waals surface area contributed by atoms with Gasteiger partial charge in [-0.15, -0.1) is 0 Å². The third kappa shape index (κ3) is 4.43. The zero-order valence-electron chi connectivity index (χ0n) is 15.0. The molecule has 0 amide bonds. The number of hydrogen-bond donors (Lipinski definition) is 2. The Labute approximate surface area is 158 Å². The van der Waals surface area contributed by atoms with Gasteiger partial charge in [0.2, 0.25) is 0 Å². The highest BCUT2D eigenvalue weighted by Gasteiger charge is 2.17. The topological polar surface area (TPSA) is 71.1 Å². The van der Waals surface area contributed by atoms with Crippen LogP contribution in [0.4, 0.5) is 21.6 Å². The van der Waals surface area contributed by atoms with E-state index in [2.05, 4.69) is 21.9 Å². The van der Waals surface area contributed by atoms with Crippen LogP contribution in [0.1, 0.15) is 18.1 Å². The third-order valence-electron chi connectivity index (χ3n) is 4.11. The lowest BCUT2D eigenvalue weighted by atomic mass is 10.1. The molecule has 0 aliphatic heterocycles. The number of halogens is 1. The molecule has 0 radical (unpaired) electrons. The number of nitrogens with zero attached hydrogens (tertiary/aromatic N) is 1. The first kappa shape index (κ1) is 18.8. The number of pyridine rings is 1. The maximum Gasteiger partial charge on any atom is 0.263 e. The van der Waals surface area contributed by atoms with Crippen molar-refractivity contribution in [2.45, 2.75) is 25.2 Å².